The molecule has 7 heteroatoms. The monoisotopic (exact) mass is 329 g/mol. The Hall–Kier alpha value is -2.41. The van der Waals surface area contributed by atoms with E-state index in [0.717, 1.165) is 25.9 Å². The van der Waals surface area contributed by atoms with Crippen LogP contribution in [0.15, 0.2) is 22.9 Å². The van der Waals surface area contributed by atoms with E-state index in [9.17, 15) is 14.7 Å². The molecule has 3 aliphatic heterocycles. The number of carboxylic acids is 1. The summed E-state index contributed by atoms with van der Waals surface area (Å²) in [5, 5.41) is 12.7. The molecule has 2 aromatic rings. The third-order valence-electron chi connectivity index (χ3n) is 5.40. The van der Waals surface area contributed by atoms with Crippen LogP contribution >= 0.6 is 0 Å². The molecule has 1 amide bonds. The molecule has 0 aliphatic carbocycles. The number of fused-ring (bicyclic) bond motifs is 4. The zero-order valence-corrected chi connectivity index (χ0v) is 13.4. The lowest BCUT2D eigenvalue weighted by atomic mass is 9.79. The topological polar surface area (TPSA) is 95.7 Å². The summed E-state index contributed by atoms with van der Waals surface area (Å²) in [7, 11) is 0. The van der Waals surface area contributed by atoms with Crippen molar-refractivity contribution in [3.8, 4) is 0 Å². The largest absolute Gasteiger partial charge is 0.478 e. The summed E-state index contributed by atoms with van der Waals surface area (Å²) < 4.78 is 5.17. The number of nitrogens with one attached hydrogen (secondary N) is 1. The molecule has 0 radical (unpaired) electrons. The van der Waals surface area contributed by atoms with Crippen molar-refractivity contribution in [2.24, 2.45) is 5.92 Å². The first-order valence-corrected chi connectivity index (χ1v) is 8.20. The summed E-state index contributed by atoms with van der Waals surface area (Å²) in [6, 6.07) is 1.92. The standard InChI is InChI=1S/C17H19N3O4/c1-9-15(10-2-4-20(9)5-3-10)19-16(21)13-6-11-12(17(22)23)8-24-14(11)7-18-13/h6-10,15H,2-5H2,1H3,(H,19,21)(H,22,23)/t9-,15-/m0/s1. The number of hydrogen-bond donors (Lipinski definition) is 2. The van der Waals surface area contributed by atoms with E-state index in [-0.39, 0.29) is 23.2 Å². The van der Waals surface area contributed by atoms with E-state index in [1.807, 2.05) is 0 Å². The summed E-state index contributed by atoms with van der Waals surface area (Å²) in [5.41, 5.74) is 0.618. The van der Waals surface area contributed by atoms with Crippen LogP contribution in [0.25, 0.3) is 11.0 Å². The van der Waals surface area contributed by atoms with Crippen LogP contribution in [0.2, 0.25) is 0 Å². The molecule has 3 aliphatic rings. The molecule has 2 bridgehead atoms. The summed E-state index contributed by atoms with van der Waals surface area (Å²) in [6.07, 6.45) is 4.78. The lowest BCUT2D eigenvalue weighted by Gasteiger charge is -2.49. The van der Waals surface area contributed by atoms with Gasteiger partial charge in [0.1, 0.15) is 17.5 Å². The Bertz CT molecular complexity index is 805. The van der Waals surface area contributed by atoms with Crippen molar-refractivity contribution in [3.63, 3.8) is 0 Å². The van der Waals surface area contributed by atoms with E-state index in [4.69, 9.17) is 4.42 Å². The van der Waals surface area contributed by atoms with Gasteiger partial charge < -0.3 is 14.8 Å². The molecule has 126 valence electrons. The maximum Gasteiger partial charge on any atom is 0.339 e. The van der Waals surface area contributed by atoms with Crippen LogP contribution in [0.5, 0.6) is 0 Å². The van der Waals surface area contributed by atoms with Crippen molar-refractivity contribution in [3.05, 3.63) is 29.8 Å². The molecular weight excluding hydrogens is 310 g/mol. The Morgan fingerprint density at radius 1 is 1.38 bits per heavy atom. The van der Waals surface area contributed by atoms with Gasteiger partial charge in [0.05, 0.1) is 6.20 Å². The van der Waals surface area contributed by atoms with Gasteiger partial charge in [0.15, 0.2) is 5.58 Å². The van der Waals surface area contributed by atoms with Crippen LogP contribution in [0.4, 0.5) is 0 Å². The van der Waals surface area contributed by atoms with E-state index in [1.54, 1.807) is 0 Å². The third kappa shape index (κ3) is 2.36. The molecule has 24 heavy (non-hydrogen) atoms. The predicted molar refractivity (Wildman–Crippen MR) is 86.0 cm³/mol. The highest BCUT2D eigenvalue weighted by Crippen LogP contribution is 2.32. The van der Waals surface area contributed by atoms with Gasteiger partial charge in [0.25, 0.3) is 5.91 Å². The number of rotatable bonds is 3. The zero-order chi connectivity index (χ0) is 16.8. The third-order valence-corrected chi connectivity index (χ3v) is 5.40. The van der Waals surface area contributed by atoms with E-state index in [0.29, 0.717) is 22.9 Å². The van der Waals surface area contributed by atoms with Gasteiger partial charge in [-0.1, -0.05) is 0 Å². The smallest absolute Gasteiger partial charge is 0.339 e. The van der Waals surface area contributed by atoms with E-state index >= 15 is 0 Å². The van der Waals surface area contributed by atoms with Gasteiger partial charge in [0, 0.05) is 17.5 Å². The second-order valence-corrected chi connectivity index (χ2v) is 6.63. The molecule has 2 aromatic heterocycles. The Balaban J connectivity index is 1.59. The highest BCUT2D eigenvalue weighted by atomic mass is 16.4. The molecule has 3 fully saturated rings. The number of pyridine rings is 1. The minimum atomic E-state index is -1.09. The molecule has 0 spiro atoms. The summed E-state index contributed by atoms with van der Waals surface area (Å²) >= 11 is 0. The minimum absolute atomic E-state index is 0.0395. The van der Waals surface area contributed by atoms with Crippen LogP contribution in [-0.4, -0.2) is 52.0 Å². The molecule has 5 rings (SSSR count). The van der Waals surface area contributed by atoms with Crippen molar-refractivity contribution in [2.75, 3.05) is 13.1 Å². The molecule has 0 unspecified atom stereocenters. The van der Waals surface area contributed by atoms with Gasteiger partial charge in [-0.15, -0.1) is 0 Å². The number of aromatic carboxylic acids is 1. The molecule has 3 saturated heterocycles. The minimum Gasteiger partial charge on any atom is -0.478 e. The van der Waals surface area contributed by atoms with Crippen molar-refractivity contribution < 1.29 is 19.1 Å². The molecule has 7 nitrogen and oxygen atoms in total. The van der Waals surface area contributed by atoms with Crippen LogP contribution in [0, 0.1) is 5.92 Å². The van der Waals surface area contributed by atoms with Gasteiger partial charge in [-0.05, 0) is 44.8 Å². The van der Waals surface area contributed by atoms with Gasteiger partial charge in [-0.25, -0.2) is 9.78 Å². The highest BCUT2D eigenvalue weighted by Gasteiger charge is 2.40. The number of carbonyl (C=O) groups is 2. The lowest BCUT2D eigenvalue weighted by Crippen LogP contribution is -2.62. The summed E-state index contributed by atoms with van der Waals surface area (Å²) in [4.78, 5) is 30.4. The van der Waals surface area contributed by atoms with Gasteiger partial charge in [-0.3, -0.25) is 9.69 Å². The first-order chi connectivity index (χ1) is 11.5. The van der Waals surface area contributed by atoms with Crippen molar-refractivity contribution in [1.29, 1.82) is 0 Å². The normalized spacial score (nSPS) is 28.9. The highest BCUT2D eigenvalue weighted by molar-refractivity contribution is 6.04. The van der Waals surface area contributed by atoms with Crippen LogP contribution in [0.1, 0.15) is 40.6 Å². The number of carboxylic acid groups (broad SMARTS) is 1. The molecular formula is C17H19N3O4. The Labute approximate surface area is 138 Å². The molecule has 2 atom stereocenters. The van der Waals surface area contributed by atoms with E-state index in [2.05, 4.69) is 22.1 Å². The average molecular weight is 329 g/mol. The number of piperidine rings is 3. The maximum atomic E-state index is 12.6. The summed E-state index contributed by atoms with van der Waals surface area (Å²) in [6.45, 7) is 4.34. The number of aromatic nitrogens is 1. The fraction of sp³-hybridized carbons (Fsp3) is 0.471. The van der Waals surface area contributed by atoms with Crippen LogP contribution in [0.3, 0.4) is 0 Å². The summed E-state index contributed by atoms with van der Waals surface area (Å²) in [5.74, 6) is -0.849. The maximum absolute atomic E-state index is 12.6. The first-order valence-electron chi connectivity index (χ1n) is 8.20. The number of carbonyl (C=O) groups excluding carboxylic acids is 1. The molecule has 0 saturated carbocycles. The fourth-order valence-electron chi connectivity index (χ4n) is 3.99. The van der Waals surface area contributed by atoms with Crippen molar-refractivity contribution in [1.82, 2.24) is 15.2 Å². The van der Waals surface area contributed by atoms with Crippen LogP contribution < -0.4 is 5.32 Å². The van der Waals surface area contributed by atoms with Gasteiger partial charge in [0.2, 0.25) is 0 Å². The fourth-order valence-corrected chi connectivity index (χ4v) is 3.99. The number of furan rings is 1. The van der Waals surface area contributed by atoms with Crippen molar-refractivity contribution in [2.45, 2.75) is 31.8 Å². The number of amides is 1. The lowest BCUT2D eigenvalue weighted by molar-refractivity contribution is 0.0216. The van der Waals surface area contributed by atoms with Gasteiger partial charge in [-0.2, -0.15) is 0 Å². The van der Waals surface area contributed by atoms with Gasteiger partial charge >= 0.3 is 5.97 Å². The second kappa shape index (κ2) is 5.59. The Morgan fingerprint density at radius 2 is 2.12 bits per heavy atom. The SMILES string of the molecule is C[C@H]1[C@H](NC(=O)c2cc3c(C(=O)O)coc3cn2)C2CCN1CC2. The zero-order valence-electron chi connectivity index (χ0n) is 13.4. The predicted octanol–water partition coefficient (Wildman–Crippen LogP) is 1.74. The first kappa shape index (κ1) is 15.1. The van der Waals surface area contributed by atoms with E-state index in [1.165, 1.54) is 18.5 Å². The van der Waals surface area contributed by atoms with E-state index < -0.39 is 5.97 Å². The number of nitrogens with zero attached hydrogens (tertiary/aromatic N) is 2. The Morgan fingerprint density at radius 3 is 2.79 bits per heavy atom. The number of hydrogen-bond acceptors (Lipinski definition) is 5. The molecule has 0 aromatic carbocycles. The average Bonchev–Trinajstić information content (AvgIpc) is 3.01. The molecule has 5 heterocycles. The molecule has 2 N–H and O–H groups in total. The Kier molecular flexibility index (Phi) is 3.53. The van der Waals surface area contributed by atoms with Crippen molar-refractivity contribution >= 4 is 22.8 Å². The quantitative estimate of drug-likeness (QED) is 0.890. The second-order valence-electron chi connectivity index (χ2n) is 6.63. The van der Waals surface area contributed by atoms with Crippen LogP contribution in [-0.2, 0) is 0 Å².